The molecule has 0 aliphatic carbocycles. The minimum absolute atomic E-state index is 0.0877. The summed E-state index contributed by atoms with van der Waals surface area (Å²) >= 11 is 0. The van der Waals surface area contributed by atoms with Gasteiger partial charge < -0.3 is 24.6 Å². The fourth-order valence-corrected chi connectivity index (χ4v) is 6.62. The Balaban J connectivity index is 1.08. The third-order valence-corrected chi connectivity index (χ3v) is 8.94. The normalized spacial score (nSPS) is 19.0. The molecule has 1 N–H and O–H groups in total. The smallest absolute Gasteiger partial charge is 0.255 e. The largest absolute Gasteiger partial charge is 0.370 e. The summed E-state index contributed by atoms with van der Waals surface area (Å²) in [5.74, 6) is -0.225. The van der Waals surface area contributed by atoms with E-state index in [9.17, 15) is 14.4 Å². The topological polar surface area (TPSA) is 79.0 Å². The summed E-state index contributed by atoms with van der Waals surface area (Å²) in [6.45, 7) is 4.55. The highest BCUT2D eigenvalue weighted by Gasteiger charge is 2.40. The number of unbranched alkanes of at least 4 members (excludes halogenated alkanes) is 2. The molecule has 208 valence electrons. The fraction of sp³-hybridized carbons (Fsp3) is 0.531. The van der Waals surface area contributed by atoms with Crippen LogP contribution in [0.15, 0.2) is 42.5 Å². The van der Waals surface area contributed by atoms with E-state index in [2.05, 4.69) is 40.5 Å². The number of ether oxygens (including phenoxy) is 1. The van der Waals surface area contributed by atoms with E-state index in [1.165, 1.54) is 16.7 Å². The van der Waals surface area contributed by atoms with Gasteiger partial charge in [0.15, 0.2) is 0 Å². The minimum atomic E-state index is -0.578. The third-order valence-electron chi connectivity index (χ3n) is 8.94. The van der Waals surface area contributed by atoms with Gasteiger partial charge in [-0.1, -0.05) is 42.8 Å². The summed E-state index contributed by atoms with van der Waals surface area (Å²) in [6.07, 6.45) is 8.84. The van der Waals surface area contributed by atoms with Gasteiger partial charge in [0.05, 0.1) is 18.2 Å². The van der Waals surface area contributed by atoms with E-state index in [1.807, 2.05) is 12.1 Å². The molecule has 0 saturated carbocycles. The summed E-state index contributed by atoms with van der Waals surface area (Å²) in [5, 5.41) is 2.58. The number of aldehydes is 1. The maximum atomic E-state index is 13.0. The molecular weight excluding hydrogens is 490 g/mol. The van der Waals surface area contributed by atoms with Crippen molar-refractivity contribution in [1.82, 2.24) is 15.1 Å². The van der Waals surface area contributed by atoms with Crippen molar-refractivity contribution >= 4 is 18.1 Å². The number of nitrogens with one attached hydrogen (secondary N) is 1. The second-order valence-corrected chi connectivity index (χ2v) is 11.2. The lowest BCUT2D eigenvalue weighted by Crippen LogP contribution is -2.46. The first kappa shape index (κ1) is 27.5. The molecule has 39 heavy (non-hydrogen) atoms. The summed E-state index contributed by atoms with van der Waals surface area (Å²) in [4.78, 5) is 40.7. The number of rotatable bonds is 11. The average Bonchev–Trinajstić information content (AvgIpc) is 3.31. The van der Waals surface area contributed by atoms with Gasteiger partial charge in [0.25, 0.3) is 5.91 Å². The number of hydrogen-bond donors (Lipinski definition) is 1. The van der Waals surface area contributed by atoms with Crippen molar-refractivity contribution in [3.05, 3.63) is 70.3 Å². The third kappa shape index (κ3) is 5.94. The Hall–Kier alpha value is -3.03. The molecule has 3 heterocycles. The van der Waals surface area contributed by atoms with Crippen molar-refractivity contribution in [3.8, 4) is 0 Å². The first-order valence-electron chi connectivity index (χ1n) is 14.6. The highest BCUT2D eigenvalue weighted by atomic mass is 16.5. The van der Waals surface area contributed by atoms with Crippen LogP contribution >= 0.6 is 0 Å². The maximum absolute atomic E-state index is 13.0. The molecule has 2 aromatic carbocycles. The van der Waals surface area contributed by atoms with E-state index in [1.54, 1.807) is 11.9 Å². The molecule has 7 nitrogen and oxygen atoms in total. The van der Waals surface area contributed by atoms with Crippen molar-refractivity contribution in [2.75, 3.05) is 33.3 Å². The maximum Gasteiger partial charge on any atom is 0.255 e. The lowest BCUT2D eigenvalue weighted by molar-refractivity contribution is -0.121. The SMILES string of the molecule is CNC(=O)CCC(C=O)N1Cc2c(CCCCCN3CCC4(CC3)OCCc3ccccc34)cccc2C1=O. The molecule has 3 aliphatic rings. The Labute approximate surface area is 231 Å². The molecule has 1 atom stereocenters. The second-order valence-electron chi connectivity index (χ2n) is 11.2. The monoisotopic (exact) mass is 531 g/mol. The van der Waals surface area contributed by atoms with Crippen LogP contribution < -0.4 is 5.32 Å². The van der Waals surface area contributed by atoms with Crippen LogP contribution in [0.25, 0.3) is 0 Å². The molecule has 1 unspecified atom stereocenters. The zero-order chi connectivity index (χ0) is 27.2. The van der Waals surface area contributed by atoms with Gasteiger partial charge >= 0.3 is 0 Å². The summed E-state index contributed by atoms with van der Waals surface area (Å²) in [7, 11) is 1.58. The van der Waals surface area contributed by atoms with E-state index in [0.29, 0.717) is 18.5 Å². The van der Waals surface area contributed by atoms with Crippen molar-refractivity contribution in [3.63, 3.8) is 0 Å². The van der Waals surface area contributed by atoms with Crippen molar-refractivity contribution in [1.29, 1.82) is 0 Å². The Kier molecular flexibility index (Phi) is 8.78. The lowest BCUT2D eigenvalue weighted by Gasteiger charge is -2.45. The number of fused-ring (bicyclic) bond motifs is 3. The Morgan fingerprint density at radius 2 is 1.92 bits per heavy atom. The Bertz CT molecular complexity index is 1190. The van der Waals surface area contributed by atoms with Crippen LogP contribution in [0.2, 0.25) is 0 Å². The molecule has 1 fully saturated rings. The van der Waals surface area contributed by atoms with Crippen LogP contribution in [0.4, 0.5) is 0 Å². The van der Waals surface area contributed by atoms with E-state index in [-0.39, 0.29) is 23.8 Å². The van der Waals surface area contributed by atoms with Gasteiger partial charge in [-0.25, -0.2) is 0 Å². The number of aryl methyl sites for hydroxylation is 1. The van der Waals surface area contributed by atoms with E-state index in [4.69, 9.17) is 4.74 Å². The molecular formula is C32H41N3O4. The number of amides is 2. The molecule has 1 saturated heterocycles. The number of carbonyl (C=O) groups is 3. The van der Waals surface area contributed by atoms with Crippen LogP contribution in [0.1, 0.15) is 77.6 Å². The standard InChI is InChI=1S/C32H41N3O4/c1-33-30(37)14-13-26(23-36)35-22-28-24(10-7-11-27(28)31(35)38)8-3-2-6-18-34-19-16-32(17-20-34)29-12-5-4-9-25(29)15-21-39-32/h4-5,7,9-12,23,26H,2-3,6,8,13-22H2,1H3,(H,33,37). The van der Waals surface area contributed by atoms with Gasteiger partial charge in [0, 0.05) is 38.7 Å². The molecule has 7 heteroatoms. The lowest BCUT2D eigenvalue weighted by atomic mass is 9.79. The second kappa shape index (κ2) is 12.4. The first-order valence-corrected chi connectivity index (χ1v) is 14.6. The highest BCUT2D eigenvalue weighted by Crippen LogP contribution is 2.41. The van der Waals surface area contributed by atoms with Crippen molar-refractivity contribution in [2.24, 2.45) is 0 Å². The molecule has 0 radical (unpaired) electrons. The van der Waals surface area contributed by atoms with Crippen LogP contribution in [0, 0.1) is 0 Å². The molecule has 3 aliphatic heterocycles. The average molecular weight is 532 g/mol. The zero-order valence-corrected chi connectivity index (χ0v) is 23.1. The molecule has 0 bridgehead atoms. The van der Waals surface area contributed by atoms with E-state index < -0.39 is 6.04 Å². The molecule has 1 spiro atoms. The number of benzene rings is 2. The van der Waals surface area contributed by atoms with Crippen LogP contribution in [-0.2, 0) is 39.3 Å². The van der Waals surface area contributed by atoms with Gasteiger partial charge in [-0.15, -0.1) is 0 Å². The van der Waals surface area contributed by atoms with E-state index in [0.717, 1.165) is 83.0 Å². The number of piperidine rings is 1. The number of likely N-dealkylation sites (tertiary alicyclic amines) is 1. The number of nitrogens with zero attached hydrogens (tertiary/aromatic N) is 2. The van der Waals surface area contributed by atoms with Gasteiger partial charge in [0.1, 0.15) is 6.29 Å². The molecule has 0 aromatic heterocycles. The summed E-state index contributed by atoms with van der Waals surface area (Å²) in [6, 6.07) is 14.2. The van der Waals surface area contributed by atoms with Crippen LogP contribution in [0.5, 0.6) is 0 Å². The zero-order valence-electron chi connectivity index (χ0n) is 23.1. The summed E-state index contributed by atoms with van der Waals surface area (Å²) in [5.41, 5.74) is 5.73. The van der Waals surface area contributed by atoms with Gasteiger partial charge in [-0.05, 0) is 79.8 Å². The first-order chi connectivity index (χ1) is 19.0. The molecule has 2 aromatic rings. The Morgan fingerprint density at radius 1 is 1.10 bits per heavy atom. The number of carbonyl (C=O) groups excluding carboxylic acids is 3. The fourth-order valence-electron chi connectivity index (χ4n) is 6.62. The quantitative estimate of drug-likeness (QED) is 0.350. The predicted molar refractivity (Wildman–Crippen MR) is 150 cm³/mol. The molecule has 2 amide bonds. The Morgan fingerprint density at radius 3 is 2.72 bits per heavy atom. The minimum Gasteiger partial charge on any atom is -0.370 e. The van der Waals surface area contributed by atoms with Crippen LogP contribution in [-0.4, -0.2) is 67.2 Å². The van der Waals surface area contributed by atoms with E-state index >= 15 is 0 Å². The van der Waals surface area contributed by atoms with Crippen molar-refractivity contribution < 1.29 is 19.1 Å². The van der Waals surface area contributed by atoms with Gasteiger partial charge in [0.2, 0.25) is 5.91 Å². The van der Waals surface area contributed by atoms with Crippen LogP contribution in [0.3, 0.4) is 0 Å². The number of hydrogen-bond acceptors (Lipinski definition) is 5. The van der Waals surface area contributed by atoms with Gasteiger partial charge in [-0.2, -0.15) is 0 Å². The van der Waals surface area contributed by atoms with Crippen molar-refractivity contribution in [2.45, 2.75) is 76.0 Å². The highest BCUT2D eigenvalue weighted by molar-refractivity contribution is 6.00. The summed E-state index contributed by atoms with van der Waals surface area (Å²) < 4.78 is 6.38. The van der Waals surface area contributed by atoms with Gasteiger partial charge in [-0.3, -0.25) is 9.59 Å². The predicted octanol–water partition coefficient (Wildman–Crippen LogP) is 4.01. The molecule has 5 rings (SSSR count).